The van der Waals surface area contributed by atoms with E-state index in [9.17, 15) is 0 Å². The van der Waals surface area contributed by atoms with Gasteiger partial charge in [0.05, 0.1) is 11.4 Å². The van der Waals surface area contributed by atoms with Crippen LogP contribution >= 0.6 is 0 Å². The lowest BCUT2D eigenvalue weighted by atomic mass is 10.0. The lowest BCUT2D eigenvalue weighted by Gasteiger charge is -2.14. The van der Waals surface area contributed by atoms with Gasteiger partial charge in [0.2, 0.25) is 0 Å². The molecule has 1 aromatic rings. The predicted molar refractivity (Wildman–Crippen MR) is 62.1 cm³/mol. The molecule has 1 aromatic heterocycles. The highest BCUT2D eigenvalue weighted by Crippen LogP contribution is 2.22. The zero-order valence-corrected chi connectivity index (χ0v) is 10.6. The number of hydrogen-bond acceptors (Lipinski definition) is 3. The predicted octanol–water partition coefficient (Wildman–Crippen LogP) is 3.24. The first-order valence-corrected chi connectivity index (χ1v) is 5.67. The molecule has 0 spiro atoms. The molecule has 0 fully saturated rings. The van der Waals surface area contributed by atoms with Crippen molar-refractivity contribution in [2.75, 3.05) is 0 Å². The van der Waals surface area contributed by atoms with Gasteiger partial charge in [-0.05, 0) is 11.8 Å². The maximum atomic E-state index is 4.62. The maximum absolute atomic E-state index is 4.62. The maximum Gasteiger partial charge on any atom is 0.153 e. The molecule has 0 amide bonds. The Morgan fingerprint density at radius 3 is 1.60 bits per heavy atom. The fourth-order valence-electron chi connectivity index (χ4n) is 1.44. The summed E-state index contributed by atoms with van der Waals surface area (Å²) in [6, 6.07) is 0. The molecule has 0 aliphatic heterocycles. The molecule has 0 atom stereocenters. The summed E-state index contributed by atoms with van der Waals surface area (Å²) in [6.07, 6.45) is 0. The third-order valence-electron chi connectivity index (χ3n) is 2.37. The van der Waals surface area contributed by atoms with Crippen LogP contribution in [0, 0.1) is 0 Å². The van der Waals surface area contributed by atoms with Gasteiger partial charge in [-0.15, -0.1) is 5.10 Å². The van der Waals surface area contributed by atoms with Crippen molar-refractivity contribution in [1.82, 2.24) is 15.2 Å². The smallest absolute Gasteiger partial charge is 0.153 e. The Labute approximate surface area is 92.3 Å². The van der Waals surface area contributed by atoms with E-state index in [0.29, 0.717) is 17.8 Å². The number of nitrogens with zero attached hydrogens (tertiary/aromatic N) is 3. The van der Waals surface area contributed by atoms with E-state index in [4.69, 9.17) is 0 Å². The van der Waals surface area contributed by atoms with Crippen LogP contribution in [0.25, 0.3) is 0 Å². The third kappa shape index (κ3) is 2.74. The summed E-state index contributed by atoms with van der Waals surface area (Å²) in [4.78, 5) is 4.62. The second-order valence-electron chi connectivity index (χ2n) is 4.90. The molecule has 1 heterocycles. The average molecular weight is 207 g/mol. The van der Waals surface area contributed by atoms with E-state index in [1.807, 2.05) is 0 Å². The minimum absolute atomic E-state index is 0.344. The first-order chi connectivity index (χ1) is 6.93. The van der Waals surface area contributed by atoms with Gasteiger partial charge in [-0.25, -0.2) is 4.98 Å². The second kappa shape index (κ2) is 4.69. The van der Waals surface area contributed by atoms with Crippen LogP contribution in [0.15, 0.2) is 0 Å². The molecule has 0 bridgehead atoms. The standard InChI is InChI=1S/C12H21N3/c1-7(2)10-11(8(3)4)14-15-12(13-10)9(5)6/h7-9H,1-6H3. The topological polar surface area (TPSA) is 38.7 Å². The summed E-state index contributed by atoms with van der Waals surface area (Å²) in [7, 11) is 0. The van der Waals surface area contributed by atoms with Gasteiger partial charge in [-0.3, -0.25) is 0 Å². The molecule has 15 heavy (non-hydrogen) atoms. The first kappa shape index (κ1) is 12.1. The zero-order chi connectivity index (χ0) is 11.6. The van der Waals surface area contributed by atoms with E-state index in [0.717, 1.165) is 17.2 Å². The summed E-state index contributed by atoms with van der Waals surface area (Å²) >= 11 is 0. The fourth-order valence-corrected chi connectivity index (χ4v) is 1.44. The summed E-state index contributed by atoms with van der Waals surface area (Å²) in [5.74, 6) is 2.00. The second-order valence-corrected chi connectivity index (χ2v) is 4.90. The monoisotopic (exact) mass is 207 g/mol. The Balaban J connectivity index is 3.21. The van der Waals surface area contributed by atoms with Gasteiger partial charge in [0.25, 0.3) is 0 Å². The highest BCUT2D eigenvalue weighted by Gasteiger charge is 2.16. The highest BCUT2D eigenvalue weighted by atomic mass is 15.2. The lowest BCUT2D eigenvalue weighted by Crippen LogP contribution is -2.11. The molecule has 3 heteroatoms. The van der Waals surface area contributed by atoms with Crippen LogP contribution < -0.4 is 0 Å². The lowest BCUT2D eigenvalue weighted by molar-refractivity contribution is 0.643. The van der Waals surface area contributed by atoms with Crippen LogP contribution in [0.3, 0.4) is 0 Å². The summed E-state index contributed by atoms with van der Waals surface area (Å²) < 4.78 is 0. The molecule has 0 saturated heterocycles. The van der Waals surface area contributed by atoms with Gasteiger partial charge in [-0.2, -0.15) is 5.10 Å². The van der Waals surface area contributed by atoms with E-state index in [1.54, 1.807) is 0 Å². The summed E-state index contributed by atoms with van der Waals surface area (Å²) in [5.41, 5.74) is 2.14. The zero-order valence-electron chi connectivity index (χ0n) is 10.6. The Morgan fingerprint density at radius 1 is 0.667 bits per heavy atom. The van der Waals surface area contributed by atoms with Gasteiger partial charge >= 0.3 is 0 Å². The molecular weight excluding hydrogens is 186 g/mol. The van der Waals surface area contributed by atoms with Crippen molar-refractivity contribution in [3.8, 4) is 0 Å². The minimum atomic E-state index is 0.344. The third-order valence-corrected chi connectivity index (χ3v) is 2.37. The Hall–Kier alpha value is -0.990. The van der Waals surface area contributed by atoms with Crippen molar-refractivity contribution in [1.29, 1.82) is 0 Å². The minimum Gasteiger partial charge on any atom is -0.233 e. The van der Waals surface area contributed by atoms with Gasteiger partial charge in [0.1, 0.15) is 0 Å². The largest absolute Gasteiger partial charge is 0.233 e. The van der Waals surface area contributed by atoms with Crippen molar-refractivity contribution in [3.05, 3.63) is 17.2 Å². The van der Waals surface area contributed by atoms with Gasteiger partial charge < -0.3 is 0 Å². The van der Waals surface area contributed by atoms with Crippen LogP contribution in [0.2, 0.25) is 0 Å². The summed E-state index contributed by atoms with van der Waals surface area (Å²) in [6.45, 7) is 12.8. The first-order valence-electron chi connectivity index (χ1n) is 5.67. The van der Waals surface area contributed by atoms with E-state index >= 15 is 0 Å². The SMILES string of the molecule is CC(C)c1nnc(C(C)C)c(C(C)C)n1. The van der Waals surface area contributed by atoms with Crippen molar-refractivity contribution in [3.63, 3.8) is 0 Å². The van der Waals surface area contributed by atoms with Gasteiger partial charge in [0.15, 0.2) is 5.82 Å². The van der Waals surface area contributed by atoms with E-state index < -0.39 is 0 Å². The molecule has 3 nitrogen and oxygen atoms in total. The molecule has 0 radical (unpaired) electrons. The van der Waals surface area contributed by atoms with Crippen molar-refractivity contribution in [2.45, 2.75) is 59.3 Å². The fraction of sp³-hybridized carbons (Fsp3) is 0.750. The molecule has 0 saturated carbocycles. The van der Waals surface area contributed by atoms with E-state index in [2.05, 4.69) is 56.7 Å². The van der Waals surface area contributed by atoms with Crippen LogP contribution in [-0.4, -0.2) is 15.2 Å². The highest BCUT2D eigenvalue weighted by molar-refractivity contribution is 5.18. The summed E-state index contributed by atoms with van der Waals surface area (Å²) in [5, 5.41) is 8.49. The van der Waals surface area contributed by atoms with Crippen LogP contribution in [0.5, 0.6) is 0 Å². The molecule has 0 aromatic carbocycles. The van der Waals surface area contributed by atoms with Crippen molar-refractivity contribution < 1.29 is 0 Å². The van der Waals surface area contributed by atoms with Crippen LogP contribution in [0.1, 0.15) is 76.5 Å². The van der Waals surface area contributed by atoms with Crippen LogP contribution in [-0.2, 0) is 0 Å². The van der Waals surface area contributed by atoms with Gasteiger partial charge in [-0.1, -0.05) is 41.5 Å². The molecular formula is C12H21N3. The molecule has 0 aliphatic rings. The van der Waals surface area contributed by atoms with Crippen LogP contribution in [0.4, 0.5) is 0 Å². The molecule has 0 N–H and O–H groups in total. The van der Waals surface area contributed by atoms with E-state index in [1.165, 1.54) is 0 Å². The number of hydrogen-bond donors (Lipinski definition) is 0. The normalized spacial score (nSPS) is 11.8. The van der Waals surface area contributed by atoms with Gasteiger partial charge in [0, 0.05) is 5.92 Å². The Kier molecular flexibility index (Phi) is 3.77. The molecule has 1 rings (SSSR count). The average Bonchev–Trinajstić information content (AvgIpc) is 2.16. The number of rotatable bonds is 3. The Morgan fingerprint density at radius 2 is 1.20 bits per heavy atom. The quantitative estimate of drug-likeness (QED) is 0.763. The molecule has 84 valence electrons. The molecule has 0 unspecified atom stereocenters. The number of aromatic nitrogens is 3. The molecule has 0 aliphatic carbocycles. The van der Waals surface area contributed by atoms with Crippen molar-refractivity contribution in [2.24, 2.45) is 0 Å². The van der Waals surface area contributed by atoms with E-state index in [-0.39, 0.29) is 0 Å². The Bertz CT molecular complexity index is 330. The van der Waals surface area contributed by atoms with Crippen molar-refractivity contribution >= 4 is 0 Å².